The van der Waals surface area contributed by atoms with Crippen molar-refractivity contribution >= 4 is 53.3 Å². The van der Waals surface area contributed by atoms with Crippen LogP contribution in [0.4, 0.5) is 0 Å². The van der Waals surface area contributed by atoms with E-state index in [1.165, 1.54) is 0 Å². The molecule has 0 aromatic heterocycles. The first-order valence-electron chi connectivity index (χ1n) is 5.98. The van der Waals surface area contributed by atoms with Crippen molar-refractivity contribution in [3.8, 4) is 0 Å². The maximum Gasteiger partial charge on any atom is 0.150 e. The zero-order valence-electron chi connectivity index (χ0n) is 10.7. The summed E-state index contributed by atoms with van der Waals surface area (Å²) in [6, 6.07) is 7.60. The summed E-state index contributed by atoms with van der Waals surface area (Å²) >= 11 is 13.3. The summed E-state index contributed by atoms with van der Waals surface area (Å²) in [5.74, 6) is 0.349. The maximum absolute atomic E-state index is 11.7. The zero-order valence-corrected chi connectivity index (χ0v) is 15.4. The Labute approximate surface area is 137 Å². The molecule has 6 heteroatoms. The molecule has 0 aliphatic carbocycles. The molecule has 0 fully saturated rings. The average molecular weight is 433 g/mol. The van der Waals surface area contributed by atoms with Crippen LogP contribution < -0.4 is 0 Å². The van der Waals surface area contributed by atoms with E-state index >= 15 is 0 Å². The molecule has 0 N–H and O–H groups in total. The van der Waals surface area contributed by atoms with Gasteiger partial charge in [0.05, 0.1) is 5.75 Å². The molecule has 108 valence electrons. The van der Waals surface area contributed by atoms with Gasteiger partial charge in [-0.25, -0.2) is 8.42 Å². The number of alkyl halides is 2. The minimum Gasteiger partial charge on any atom is -0.229 e. The topological polar surface area (TPSA) is 34.1 Å². The van der Waals surface area contributed by atoms with Gasteiger partial charge in [-0.05, 0) is 18.1 Å². The van der Waals surface area contributed by atoms with Crippen molar-refractivity contribution in [2.45, 2.75) is 18.8 Å². The average Bonchev–Trinajstić information content (AvgIpc) is 2.42. The molecule has 1 rings (SSSR count). The number of hydrogen-bond donors (Lipinski definition) is 0. The van der Waals surface area contributed by atoms with Gasteiger partial charge in [0, 0.05) is 26.9 Å². The molecule has 0 amide bonds. The summed E-state index contributed by atoms with van der Waals surface area (Å²) in [5.41, 5.74) is 0.678. The van der Waals surface area contributed by atoms with Crippen LogP contribution in [-0.4, -0.2) is 30.6 Å². The Morgan fingerprint density at radius 2 is 1.79 bits per heavy atom. The lowest BCUT2D eigenvalue weighted by Gasteiger charge is -2.31. The molecule has 0 radical (unpaired) electrons. The summed E-state index contributed by atoms with van der Waals surface area (Å²) in [5, 5.41) is 2.00. The van der Waals surface area contributed by atoms with E-state index in [4.69, 9.17) is 11.6 Å². The van der Waals surface area contributed by atoms with Crippen molar-refractivity contribution in [1.82, 2.24) is 0 Å². The van der Waals surface area contributed by atoms with Crippen molar-refractivity contribution in [2.75, 3.05) is 22.2 Å². The molecule has 0 saturated carbocycles. The Hall–Kier alpha value is 0.420. The van der Waals surface area contributed by atoms with Gasteiger partial charge >= 0.3 is 0 Å². The first kappa shape index (κ1) is 17.5. The first-order chi connectivity index (χ1) is 8.90. The van der Waals surface area contributed by atoms with Crippen LogP contribution in [0.1, 0.15) is 18.9 Å². The Morgan fingerprint density at radius 1 is 1.21 bits per heavy atom. The fourth-order valence-corrected chi connectivity index (χ4v) is 5.25. The normalized spacial score (nSPS) is 12.6. The Balaban J connectivity index is 3.08. The van der Waals surface area contributed by atoms with E-state index < -0.39 is 9.84 Å². The summed E-state index contributed by atoms with van der Waals surface area (Å²) in [7, 11) is -2.98. The predicted octanol–water partition coefficient (Wildman–Crippen LogP) is 4.19. The van der Waals surface area contributed by atoms with Crippen LogP contribution in [0.15, 0.2) is 24.3 Å². The maximum atomic E-state index is 11.7. The third kappa shape index (κ3) is 4.45. The van der Waals surface area contributed by atoms with Crippen LogP contribution in [0.2, 0.25) is 5.02 Å². The molecule has 0 aliphatic rings. The summed E-state index contributed by atoms with van der Waals surface area (Å²) in [6.07, 6.45) is 0.545. The SMILES string of the molecule is CCS(=O)(=O)CCC(CBr)(CBr)c1ccccc1Cl. The van der Waals surface area contributed by atoms with Crippen LogP contribution in [-0.2, 0) is 15.3 Å². The molecule has 1 aromatic rings. The van der Waals surface area contributed by atoms with Gasteiger partial charge in [0.1, 0.15) is 9.84 Å². The van der Waals surface area contributed by atoms with Crippen molar-refractivity contribution in [2.24, 2.45) is 0 Å². The van der Waals surface area contributed by atoms with Gasteiger partial charge < -0.3 is 0 Å². The molecule has 0 heterocycles. The second-order valence-corrected chi connectivity index (χ2v) is 8.52. The number of rotatable bonds is 7. The van der Waals surface area contributed by atoms with Crippen LogP contribution in [0.3, 0.4) is 0 Å². The molecule has 0 aliphatic heterocycles. The van der Waals surface area contributed by atoms with E-state index in [1.54, 1.807) is 6.92 Å². The van der Waals surface area contributed by atoms with Gasteiger partial charge in [0.2, 0.25) is 0 Å². The van der Waals surface area contributed by atoms with Gasteiger partial charge in [0.15, 0.2) is 0 Å². The van der Waals surface area contributed by atoms with Gasteiger partial charge in [-0.1, -0.05) is 68.6 Å². The lowest BCUT2D eigenvalue weighted by Crippen LogP contribution is -2.33. The third-order valence-electron chi connectivity index (χ3n) is 3.29. The van der Waals surface area contributed by atoms with Crippen molar-refractivity contribution in [3.63, 3.8) is 0 Å². The Morgan fingerprint density at radius 3 is 2.26 bits per heavy atom. The van der Waals surface area contributed by atoms with Crippen LogP contribution in [0, 0.1) is 0 Å². The first-order valence-corrected chi connectivity index (χ1v) is 10.4. The fraction of sp³-hybridized carbons (Fsp3) is 0.538. The van der Waals surface area contributed by atoms with E-state index in [0.29, 0.717) is 22.1 Å². The van der Waals surface area contributed by atoms with E-state index in [0.717, 1.165) is 5.56 Å². The monoisotopic (exact) mass is 430 g/mol. The summed E-state index contributed by atoms with van der Waals surface area (Å²) < 4.78 is 23.5. The lowest BCUT2D eigenvalue weighted by molar-refractivity contribution is 0.523. The van der Waals surface area contributed by atoms with Gasteiger partial charge in [-0.15, -0.1) is 0 Å². The molecule has 1 aromatic carbocycles. The molecular weight excluding hydrogens is 415 g/mol. The fourth-order valence-electron chi connectivity index (χ4n) is 1.83. The largest absolute Gasteiger partial charge is 0.229 e. The zero-order chi connectivity index (χ0) is 14.5. The predicted molar refractivity (Wildman–Crippen MR) is 89.7 cm³/mol. The van der Waals surface area contributed by atoms with E-state index in [1.807, 2.05) is 24.3 Å². The molecular formula is C13H17Br2ClO2S. The Kier molecular flexibility index (Phi) is 6.84. The second-order valence-electron chi connectivity index (χ2n) is 4.51. The highest BCUT2D eigenvalue weighted by molar-refractivity contribution is 9.09. The standard InChI is InChI=1S/C13H17Br2ClO2S/c1-2-19(17,18)8-7-13(9-14,10-15)11-5-3-4-6-12(11)16/h3-6H,2,7-10H2,1H3. The Bertz CT molecular complexity index is 513. The van der Waals surface area contributed by atoms with E-state index in [9.17, 15) is 8.42 Å². The van der Waals surface area contributed by atoms with E-state index in [-0.39, 0.29) is 16.9 Å². The van der Waals surface area contributed by atoms with Crippen molar-refractivity contribution in [3.05, 3.63) is 34.9 Å². The minimum absolute atomic E-state index is 0.173. The van der Waals surface area contributed by atoms with E-state index in [2.05, 4.69) is 31.9 Å². The summed E-state index contributed by atoms with van der Waals surface area (Å²) in [4.78, 5) is 0. The van der Waals surface area contributed by atoms with Crippen LogP contribution in [0.25, 0.3) is 0 Å². The molecule has 19 heavy (non-hydrogen) atoms. The number of sulfone groups is 1. The number of hydrogen-bond acceptors (Lipinski definition) is 2. The molecule has 0 unspecified atom stereocenters. The molecule has 2 nitrogen and oxygen atoms in total. The molecule has 0 spiro atoms. The molecule has 0 atom stereocenters. The summed E-state index contributed by atoms with van der Waals surface area (Å²) in [6.45, 7) is 1.68. The van der Waals surface area contributed by atoms with Gasteiger partial charge in [0.25, 0.3) is 0 Å². The van der Waals surface area contributed by atoms with Gasteiger partial charge in [-0.3, -0.25) is 0 Å². The van der Waals surface area contributed by atoms with Crippen LogP contribution in [0.5, 0.6) is 0 Å². The highest BCUT2D eigenvalue weighted by Gasteiger charge is 2.33. The number of halogens is 3. The number of benzene rings is 1. The third-order valence-corrected chi connectivity index (χ3v) is 7.47. The van der Waals surface area contributed by atoms with Crippen molar-refractivity contribution < 1.29 is 8.42 Å². The van der Waals surface area contributed by atoms with Gasteiger partial charge in [-0.2, -0.15) is 0 Å². The second kappa shape index (κ2) is 7.43. The molecule has 0 bridgehead atoms. The minimum atomic E-state index is -2.98. The molecule has 0 saturated heterocycles. The van der Waals surface area contributed by atoms with Crippen LogP contribution >= 0.6 is 43.5 Å². The lowest BCUT2D eigenvalue weighted by atomic mass is 9.82. The quantitative estimate of drug-likeness (QED) is 0.606. The smallest absolute Gasteiger partial charge is 0.150 e. The highest BCUT2D eigenvalue weighted by atomic mass is 79.9. The highest BCUT2D eigenvalue weighted by Crippen LogP contribution is 2.37. The van der Waals surface area contributed by atoms with Crippen molar-refractivity contribution in [1.29, 1.82) is 0 Å².